The Morgan fingerprint density at radius 2 is 2.08 bits per heavy atom. The number of carbonyl (C=O) groups excluding carboxylic acids is 1. The Hall–Kier alpha value is -2.53. The molecule has 0 atom stereocenters. The molecule has 0 aliphatic rings. The van der Waals surface area contributed by atoms with Gasteiger partial charge >= 0.3 is 6.18 Å². The number of amides is 1. The van der Waals surface area contributed by atoms with Crippen molar-refractivity contribution < 1.29 is 18.0 Å². The summed E-state index contributed by atoms with van der Waals surface area (Å²) in [5, 5.41) is 11.7. The lowest BCUT2D eigenvalue weighted by Gasteiger charge is -2.13. The van der Waals surface area contributed by atoms with E-state index in [0.717, 1.165) is 29.8 Å². The zero-order chi connectivity index (χ0) is 19.3. The highest BCUT2D eigenvalue weighted by Crippen LogP contribution is 2.35. The summed E-state index contributed by atoms with van der Waals surface area (Å²) in [5.41, 5.74) is 0.204. The third kappa shape index (κ3) is 4.99. The molecular formula is C18H16F3N3OS. The molecule has 0 spiro atoms. The van der Waals surface area contributed by atoms with Crippen LogP contribution in [0.15, 0.2) is 35.4 Å². The molecule has 136 valence electrons. The summed E-state index contributed by atoms with van der Waals surface area (Å²) in [6.45, 7) is 3.40. The molecule has 8 heteroatoms. The first kappa shape index (κ1) is 19.8. The Morgan fingerprint density at radius 1 is 1.35 bits per heavy atom. The Labute approximate surface area is 153 Å². The molecule has 1 aromatic heterocycles. The van der Waals surface area contributed by atoms with Crippen LogP contribution in [0, 0.1) is 18.3 Å². The molecule has 1 aromatic carbocycles. The van der Waals surface area contributed by atoms with E-state index in [4.69, 9.17) is 5.26 Å². The topological polar surface area (TPSA) is 65.8 Å². The highest BCUT2D eigenvalue weighted by Gasteiger charge is 2.35. The average molecular weight is 379 g/mol. The highest BCUT2D eigenvalue weighted by atomic mass is 32.2. The smallest absolute Gasteiger partial charge is 0.325 e. The SMILES string of the molecule is CCc1cccc(NC(=O)CSc2nc(C)cc(C(F)(F)F)c2C#N)c1. The number of thioether (sulfide) groups is 1. The van der Waals surface area contributed by atoms with Gasteiger partial charge in [0.15, 0.2) is 0 Å². The second-order valence-electron chi connectivity index (χ2n) is 5.49. The number of carbonyl (C=O) groups is 1. The number of nitrogens with one attached hydrogen (secondary N) is 1. The quantitative estimate of drug-likeness (QED) is 0.773. The first-order chi connectivity index (χ1) is 12.2. The Balaban J connectivity index is 2.15. The molecule has 0 aliphatic carbocycles. The van der Waals surface area contributed by atoms with E-state index >= 15 is 0 Å². The van der Waals surface area contributed by atoms with Gasteiger partial charge in [-0.2, -0.15) is 18.4 Å². The van der Waals surface area contributed by atoms with Crippen LogP contribution in [-0.2, 0) is 17.4 Å². The van der Waals surface area contributed by atoms with Gasteiger partial charge in [-0.25, -0.2) is 4.98 Å². The van der Waals surface area contributed by atoms with E-state index in [0.29, 0.717) is 5.69 Å². The predicted octanol–water partition coefficient (Wildman–Crippen LogP) is 4.57. The van der Waals surface area contributed by atoms with Crippen molar-refractivity contribution in [3.05, 3.63) is 52.7 Å². The van der Waals surface area contributed by atoms with E-state index < -0.39 is 17.3 Å². The molecule has 4 nitrogen and oxygen atoms in total. The molecule has 26 heavy (non-hydrogen) atoms. The van der Waals surface area contributed by atoms with E-state index in [1.807, 2.05) is 25.1 Å². The Bertz CT molecular complexity index is 860. The minimum absolute atomic E-state index is 0.0997. The molecule has 1 N–H and O–H groups in total. The van der Waals surface area contributed by atoms with Crippen molar-refractivity contribution in [3.63, 3.8) is 0 Å². The lowest BCUT2D eigenvalue weighted by atomic mass is 10.1. The predicted molar refractivity (Wildman–Crippen MR) is 93.9 cm³/mol. The molecule has 1 heterocycles. The number of anilines is 1. The minimum atomic E-state index is -4.66. The second-order valence-corrected chi connectivity index (χ2v) is 6.46. The first-order valence-electron chi connectivity index (χ1n) is 7.75. The zero-order valence-corrected chi connectivity index (χ0v) is 15.0. The molecular weight excluding hydrogens is 363 g/mol. The molecule has 0 unspecified atom stereocenters. The number of alkyl halides is 3. The van der Waals surface area contributed by atoms with Crippen LogP contribution < -0.4 is 5.32 Å². The Morgan fingerprint density at radius 3 is 2.69 bits per heavy atom. The summed E-state index contributed by atoms with van der Waals surface area (Å²) in [4.78, 5) is 16.1. The number of benzene rings is 1. The zero-order valence-electron chi connectivity index (χ0n) is 14.1. The van der Waals surface area contributed by atoms with Crippen molar-refractivity contribution in [1.82, 2.24) is 4.98 Å². The Kier molecular flexibility index (Phi) is 6.27. The fourth-order valence-corrected chi connectivity index (χ4v) is 3.13. The van der Waals surface area contributed by atoms with Crippen LogP contribution in [0.1, 0.15) is 29.3 Å². The van der Waals surface area contributed by atoms with Gasteiger partial charge in [0, 0.05) is 11.4 Å². The van der Waals surface area contributed by atoms with Crippen LogP contribution in [-0.4, -0.2) is 16.6 Å². The maximum atomic E-state index is 13.1. The minimum Gasteiger partial charge on any atom is -0.325 e. The molecule has 0 aliphatic heterocycles. The van der Waals surface area contributed by atoms with Crippen LogP contribution in [0.25, 0.3) is 0 Å². The van der Waals surface area contributed by atoms with Gasteiger partial charge in [0.1, 0.15) is 11.1 Å². The van der Waals surface area contributed by atoms with E-state index in [1.165, 1.54) is 6.92 Å². The van der Waals surface area contributed by atoms with Gasteiger partial charge in [-0.05, 0) is 37.1 Å². The van der Waals surface area contributed by atoms with Crippen molar-refractivity contribution in [1.29, 1.82) is 5.26 Å². The van der Waals surface area contributed by atoms with Gasteiger partial charge in [-0.15, -0.1) is 0 Å². The summed E-state index contributed by atoms with van der Waals surface area (Å²) in [5.74, 6) is -0.539. The number of nitrogens with zero attached hydrogens (tertiary/aromatic N) is 2. The van der Waals surface area contributed by atoms with Crippen molar-refractivity contribution in [3.8, 4) is 6.07 Å². The van der Waals surface area contributed by atoms with Crippen molar-refractivity contribution in [2.75, 3.05) is 11.1 Å². The largest absolute Gasteiger partial charge is 0.417 e. The van der Waals surface area contributed by atoms with Crippen LogP contribution in [0.3, 0.4) is 0 Å². The van der Waals surface area contributed by atoms with Gasteiger partial charge in [-0.1, -0.05) is 30.8 Å². The monoisotopic (exact) mass is 379 g/mol. The molecule has 1 amide bonds. The molecule has 0 radical (unpaired) electrons. The number of nitriles is 1. The number of pyridine rings is 1. The fraction of sp³-hybridized carbons (Fsp3) is 0.278. The summed E-state index contributed by atoms with van der Waals surface area (Å²) >= 11 is 0.808. The van der Waals surface area contributed by atoms with Gasteiger partial charge in [-0.3, -0.25) is 4.79 Å². The number of halogens is 3. The third-order valence-corrected chi connectivity index (χ3v) is 4.47. The fourth-order valence-electron chi connectivity index (χ4n) is 2.28. The number of rotatable bonds is 5. The molecule has 2 aromatic rings. The summed E-state index contributed by atoms with van der Waals surface area (Å²) < 4.78 is 39.3. The van der Waals surface area contributed by atoms with Crippen LogP contribution in [0.5, 0.6) is 0 Å². The normalized spacial score (nSPS) is 11.1. The van der Waals surface area contributed by atoms with Crippen LogP contribution >= 0.6 is 11.8 Å². The van der Waals surface area contributed by atoms with Crippen molar-refractivity contribution in [2.24, 2.45) is 0 Å². The number of hydrogen-bond donors (Lipinski definition) is 1. The average Bonchev–Trinajstić information content (AvgIpc) is 2.58. The number of hydrogen-bond acceptors (Lipinski definition) is 4. The molecule has 0 saturated heterocycles. The lowest BCUT2D eigenvalue weighted by molar-refractivity contribution is -0.138. The lowest BCUT2D eigenvalue weighted by Crippen LogP contribution is -2.15. The van der Waals surface area contributed by atoms with Crippen LogP contribution in [0.4, 0.5) is 18.9 Å². The van der Waals surface area contributed by atoms with Gasteiger partial charge < -0.3 is 5.32 Å². The molecule has 0 fully saturated rings. The second kappa shape index (κ2) is 8.23. The first-order valence-corrected chi connectivity index (χ1v) is 8.73. The number of aromatic nitrogens is 1. The van der Waals surface area contributed by atoms with Gasteiger partial charge in [0.05, 0.1) is 16.9 Å². The maximum absolute atomic E-state index is 13.1. The van der Waals surface area contributed by atoms with Crippen molar-refractivity contribution in [2.45, 2.75) is 31.5 Å². The summed E-state index contributed by atoms with van der Waals surface area (Å²) in [7, 11) is 0. The van der Waals surface area contributed by atoms with E-state index in [2.05, 4.69) is 10.3 Å². The maximum Gasteiger partial charge on any atom is 0.417 e. The van der Waals surface area contributed by atoms with Gasteiger partial charge in [0.2, 0.25) is 5.91 Å². The van der Waals surface area contributed by atoms with Crippen LogP contribution in [0.2, 0.25) is 0 Å². The van der Waals surface area contributed by atoms with E-state index in [-0.39, 0.29) is 22.4 Å². The number of aryl methyl sites for hydroxylation is 2. The third-order valence-electron chi connectivity index (χ3n) is 3.49. The van der Waals surface area contributed by atoms with Crippen molar-refractivity contribution >= 4 is 23.4 Å². The molecule has 0 saturated carbocycles. The van der Waals surface area contributed by atoms with Gasteiger partial charge in [0.25, 0.3) is 0 Å². The molecule has 0 bridgehead atoms. The van der Waals surface area contributed by atoms with E-state index in [1.54, 1.807) is 12.1 Å². The highest BCUT2D eigenvalue weighted by molar-refractivity contribution is 8.00. The molecule has 2 rings (SSSR count). The standard InChI is InChI=1S/C18H16F3N3OS/c1-3-12-5-4-6-13(8-12)24-16(25)10-26-17-14(9-22)15(18(19,20)21)7-11(2)23-17/h4-8H,3,10H2,1-2H3,(H,24,25). The summed E-state index contributed by atoms with van der Waals surface area (Å²) in [6, 6.07) is 9.69. The van der Waals surface area contributed by atoms with E-state index in [9.17, 15) is 18.0 Å². The summed E-state index contributed by atoms with van der Waals surface area (Å²) in [6.07, 6.45) is -3.84.